The van der Waals surface area contributed by atoms with Crippen LogP contribution in [0.15, 0.2) is 40.8 Å². The summed E-state index contributed by atoms with van der Waals surface area (Å²) in [6.07, 6.45) is 4.00. The van der Waals surface area contributed by atoms with Crippen LogP contribution < -0.4 is 19.5 Å². The molecule has 1 aliphatic heterocycles. The molecule has 0 atom stereocenters. The van der Waals surface area contributed by atoms with Gasteiger partial charge >= 0.3 is 0 Å². The van der Waals surface area contributed by atoms with E-state index in [0.29, 0.717) is 17.0 Å². The fourth-order valence-corrected chi connectivity index (χ4v) is 4.02. The quantitative estimate of drug-likeness (QED) is 0.690. The van der Waals surface area contributed by atoms with Gasteiger partial charge in [0.05, 0.1) is 7.11 Å². The number of methoxy groups -OCH3 is 1. The maximum absolute atomic E-state index is 12.8. The van der Waals surface area contributed by atoms with Crippen molar-refractivity contribution in [2.24, 2.45) is 0 Å². The van der Waals surface area contributed by atoms with E-state index in [2.05, 4.69) is 5.32 Å². The maximum atomic E-state index is 12.8. The lowest BCUT2D eigenvalue weighted by atomic mass is 10.1. The van der Waals surface area contributed by atoms with Crippen molar-refractivity contribution in [2.45, 2.75) is 38.4 Å². The third-order valence-electron chi connectivity index (χ3n) is 5.51. The molecule has 0 radical (unpaired) electrons. The predicted molar refractivity (Wildman–Crippen MR) is 104 cm³/mol. The van der Waals surface area contributed by atoms with E-state index in [4.69, 9.17) is 18.6 Å². The summed E-state index contributed by atoms with van der Waals surface area (Å²) in [5.74, 6) is 1.59. The van der Waals surface area contributed by atoms with Crippen LogP contribution >= 0.6 is 0 Å². The van der Waals surface area contributed by atoms with Crippen LogP contribution in [0.2, 0.25) is 0 Å². The zero-order valence-electron chi connectivity index (χ0n) is 15.8. The second kappa shape index (κ2) is 6.19. The van der Waals surface area contributed by atoms with E-state index in [0.717, 1.165) is 48.1 Å². The van der Waals surface area contributed by atoms with Crippen molar-refractivity contribution in [2.75, 3.05) is 12.4 Å². The number of aryl methyl sites for hydroxylation is 1. The van der Waals surface area contributed by atoms with Gasteiger partial charge in [-0.05, 0) is 50.1 Å². The summed E-state index contributed by atoms with van der Waals surface area (Å²) in [6.45, 7) is 1.86. The average Bonchev–Trinajstić information content (AvgIpc) is 3.39. The van der Waals surface area contributed by atoms with E-state index in [9.17, 15) is 4.79 Å². The first kappa shape index (κ1) is 17.0. The van der Waals surface area contributed by atoms with Crippen LogP contribution in [0.4, 0.5) is 5.69 Å². The summed E-state index contributed by atoms with van der Waals surface area (Å²) >= 11 is 0. The number of benzene rings is 2. The summed E-state index contributed by atoms with van der Waals surface area (Å²) in [7, 11) is 1.61. The van der Waals surface area contributed by atoms with Gasteiger partial charge in [-0.15, -0.1) is 0 Å². The van der Waals surface area contributed by atoms with Crippen molar-refractivity contribution >= 4 is 22.6 Å². The zero-order chi connectivity index (χ0) is 19.3. The van der Waals surface area contributed by atoms with E-state index < -0.39 is 5.79 Å². The Labute approximate surface area is 162 Å². The molecule has 2 heterocycles. The molecule has 5 rings (SSSR count). The minimum Gasteiger partial charge on any atom is -0.497 e. The highest BCUT2D eigenvalue weighted by atomic mass is 16.7. The number of hydrogen-bond acceptors (Lipinski definition) is 5. The minimum atomic E-state index is -0.515. The summed E-state index contributed by atoms with van der Waals surface area (Å²) < 4.78 is 23.1. The normalized spacial score (nSPS) is 16.6. The molecule has 1 aliphatic carbocycles. The lowest BCUT2D eigenvalue weighted by Gasteiger charge is -2.21. The Balaban J connectivity index is 1.39. The number of amides is 1. The van der Waals surface area contributed by atoms with Crippen molar-refractivity contribution < 1.29 is 23.4 Å². The number of furan rings is 1. The molecular formula is C22H21NO5. The highest BCUT2D eigenvalue weighted by Gasteiger charge is 2.44. The van der Waals surface area contributed by atoms with Gasteiger partial charge in [-0.3, -0.25) is 4.79 Å². The van der Waals surface area contributed by atoms with E-state index in [1.807, 2.05) is 31.2 Å². The van der Waals surface area contributed by atoms with Gasteiger partial charge in [0, 0.05) is 35.5 Å². The molecule has 1 aromatic heterocycles. The number of nitrogens with one attached hydrogen (secondary N) is 1. The number of hydrogen-bond donors (Lipinski definition) is 1. The minimum absolute atomic E-state index is 0.285. The summed E-state index contributed by atoms with van der Waals surface area (Å²) in [4.78, 5) is 12.8. The first-order valence-corrected chi connectivity index (χ1v) is 9.47. The third-order valence-corrected chi connectivity index (χ3v) is 5.51. The molecule has 1 spiro atoms. The Hall–Kier alpha value is -3.15. The van der Waals surface area contributed by atoms with Crippen LogP contribution in [0.1, 0.15) is 41.8 Å². The van der Waals surface area contributed by atoms with Crippen LogP contribution in [0.3, 0.4) is 0 Å². The number of carbonyl (C=O) groups is 1. The molecule has 0 unspecified atom stereocenters. The molecule has 1 amide bonds. The molecule has 3 aromatic rings. The smallest absolute Gasteiger partial charge is 0.291 e. The summed E-state index contributed by atoms with van der Waals surface area (Å²) in [5, 5.41) is 3.76. The lowest BCUT2D eigenvalue weighted by Crippen LogP contribution is -2.34. The summed E-state index contributed by atoms with van der Waals surface area (Å²) in [5.41, 5.74) is 2.06. The van der Waals surface area contributed by atoms with Crippen LogP contribution in [-0.2, 0) is 0 Å². The second-order valence-corrected chi connectivity index (χ2v) is 7.36. The van der Waals surface area contributed by atoms with Gasteiger partial charge in [0.25, 0.3) is 11.7 Å². The standard InChI is InChI=1S/C22H21NO5/c1-13-16-12-15(25-2)6-8-17(16)26-20(13)21(24)23-14-5-7-18-19(11-14)28-22(27-18)9-3-4-10-22/h5-8,11-12H,3-4,9-10H2,1-2H3,(H,23,24). The molecule has 1 fully saturated rings. The molecule has 1 N–H and O–H groups in total. The van der Waals surface area contributed by atoms with E-state index >= 15 is 0 Å². The van der Waals surface area contributed by atoms with Gasteiger partial charge in [0.1, 0.15) is 11.3 Å². The fourth-order valence-electron chi connectivity index (χ4n) is 4.02. The fraction of sp³-hybridized carbons (Fsp3) is 0.318. The third kappa shape index (κ3) is 2.68. The molecule has 0 bridgehead atoms. The first-order valence-electron chi connectivity index (χ1n) is 9.47. The number of ether oxygens (including phenoxy) is 3. The molecule has 0 saturated heterocycles. The molecule has 6 nitrogen and oxygen atoms in total. The van der Waals surface area contributed by atoms with Gasteiger partial charge in [0.15, 0.2) is 17.3 Å². The van der Waals surface area contributed by atoms with Crippen LogP contribution in [0.25, 0.3) is 11.0 Å². The van der Waals surface area contributed by atoms with Crippen molar-refractivity contribution in [1.82, 2.24) is 0 Å². The zero-order valence-corrected chi connectivity index (χ0v) is 15.8. The Kier molecular flexibility index (Phi) is 3.75. The largest absolute Gasteiger partial charge is 0.497 e. The Morgan fingerprint density at radius 3 is 2.64 bits per heavy atom. The van der Waals surface area contributed by atoms with Crippen molar-refractivity contribution in [3.05, 3.63) is 47.7 Å². The monoisotopic (exact) mass is 379 g/mol. The van der Waals surface area contributed by atoms with Gasteiger partial charge in [-0.1, -0.05) is 0 Å². The molecule has 6 heteroatoms. The first-order chi connectivity index (χ1) is 13.6. The molecule has 144 valence electrons. The highest BCUT2D eigenvalue weighted by Crippen LogP contribution is 2.47. The Morgan fingerprint density at radius 2 is 1.86 bits per heavy atom. The van der Waals surface area contributed by atoms with Crippen molar-refractivity contribution in [3.8, 4) is 17.2 Å². The molecular weight excluding hydrogens is 358 g/mol. The van der Waals surface area contributed by atoms with Crippen LogP contribution in [0.5, 0.6) is 17.2 Å². The number of fused-ring (bicyclic) bond motifs is 2. The van der Waals surface area contributed by atoms with Crippen molar-refractivity contribution in [3.63, 3.8) is 0 Å². The van der Waals surface area contributed by atoms with Gasteiger partial charge < -0.3 is 23.9 Å². The number of carbonyl (C=O) groups excluding carboxylic acids is 1. The molecule has 28 heavy (non-hydrogen) atoms. The Morgan fingerprint density at radius 1 is 1.07 bits per heavy atom. The summed E-state index contributed by atoms with van der Waals surface area (Å²) in [6, 6.07) is 10.9. The van der Waals surface area contributed by atoms with Gasteiger partial charge in [0.2, 0.25) is 0 Å². The lowest BCUT2D eigenvalue weighted by molar-refractivity contribution is -0.0716. The van der Waals surface area contributed by atoms with Crippen LogP contribution in [0, 0.1) is 6.92 Å². The highest BCUT2D eigenvalue weighted by molar-refractivity contribution is 6.06. The van der Waals surface area contributed by atoms with E-state index in [1.165, 1.54) is 0 Å². The van der Waals surface area contributed by atoms with Gasteiger partial charge in [-0.25, -0.2) is 0 Å². The van der Waals surface area contributed by atoms with Crippen molar-refractivity contribution in [1.29, 1.82) is 0 Å². The second-order valence-electron chi connectivity index (χ2n) is 7.36. The molecule has 2 aromatic carbocycles. The molecule has 2 aliphatic rings. The average molecular weight is 379 g/mol. The van der Waals surface area contributed by atoms with E-state index in [1.54, 1.807) is 19.2 Å². The maximum Gasteiger partial charge on any atom is 0.291 e. The van der Waals surface area contributed by atoms with Gasteiger partial charge in [-0.2, -0.15) is 0 Å². The van der Waals surface area contributed by atoms with E-state index in [-0.39, 0.29) is 11.7 Å². The Bertz CT molecular complexity index is 1080. The number of rotatable bonds is 3. The number of anilines is 1. The topological polar surface area (TPSA) is 69.9 Å². The SMILES string of the molecule is COc1ccc2oc(C(=O)Nc3ccc4c(c3)OC3(CCCC3)O4)c(C)c2c1. The molecule has 1 saturated carbocycles. The van der Waals surface area contributed by atoms with Crippen LogP contribution in [-0.4, -0.2) is 18.8 Å². The predicted octanol–water partition coefficient (Wildman–Crippen LogP) is 5.04.